The highest BCUT2D eigenvalue weighted by molar-refractivity contribution is 5.35. The number of hydrogen-bond donors (Lipinski definition) is 1. The Balaban J connectivity index is 2.24. The fraction of sp³-hybridized carbons (Fsp3) is 0.727. The van der Waals surface area contributed by atoms with Gasteiger partial charge < -0.3 is 15.2 Å². The van der Waals surface area contributed by atoms with Gasteiger partial charge in [0, 0.05) is 37.6 Å². The van der Waals surface area contributed by atoms with Gasteiger partial charge in [-0.15, -0.1) is 0 Å². The van der Waals surface area contributed by atoms with E-state index in [0.29, 0.717) is 12.1 Å². The van der Waals surface area contributed by atoms with E-state index < -0.39 is 0 Å². The number of anilines is 1. The lowest BCUT2D eigenvalue weighted by Crippen LogP contribution is -2.37. The Bertz CT molecular complexity index is 318. The molecule has 1 saturated heterocycles. The van der Waals surface area contributed by atoms with Gasteiger partial charge in [0.2, 0.25) is 5.95 Å². The molecule has 0 radical (unpaired) electrons. The van der Waals surface area contributed by atoms with Gasteiger partial charge in [0.1, 0.15) is 0 Å². The Kier molecular flexibility index (Phi) is 2.95. The van der Waals surface area contributed by atoms with Gasteiger partial charge in [0.15, 0.2) is 0 Å². The second-order valence-corrected chi connectivity index (χ2v) is 4.45. The molecule has 1 atom stereocenters. The Morgan fingerprint density at radius 3 is 3.07 bits per heavy atom. The highest BCUT2D eigenvalue weighted by atomic mass is 15.3. The zero-order valence-corrected chi connectivity index (χ0v) is 9.56. The summed E-state index contributed by atoms with van der Waals surface area (Å²) in [6, 6.07) is 0.937. The molecule has 1 aromatic rings. The average Bonchev–Trinajstić information content (AvgIpc) is 2.85. The van der Waals surface area contributed by atoms with Crippen LogP contribution in [0.15, 0.2) is 12.4 Å². The highest BCUT2D eigenvalue weighted by Crippen LogP contribution is 2.25. The molecule has 4 nitrogen and oxygen atoms in total. The first-order chi connectivity index (χ1) is 7.24. The monoisotopic (exact) mass is 208 g/mol. The summed E-state index contributed by atoms with van der Waals surface area (Å²) in [5, 5.41) is 0. The summed E-state index contributed by atoms with van der Waals surface area (Å²) in [5.74, 6) is 1.08. The van der Waals surface area contributed by atoms with Crippen LogP contribution in [0.2, 0.25) is 0 Å². The molecule has 1 aromatic heterocycles. The predicted molar refractivity (Wildman–Crippen MR) is 62.0 cm³/mol. The van der Waals surface area contributed by atoms with E-state index in [9.17, 15) is 0 Å². The van der Waals surface area contributed by atoms with Gasteiger partial charge in [0.05, 0.1) is 0 Å². The maximum atomic E-state index is 5.78. The van der Waals surface area contributed by atoms with Crippen LogP contribution in [0.1, 0.15) is 32.7 Å². The van der Waals surface area contributed by atoms with Gasteiger partial charge in [-0.05, 0) is 26.7 Å². The zero-order chi connectivity index (χ0) is 10.8. The zero-order valence-electron chi connectivity index (χ0n) is 9.56. The number of nitrogens with zero attached hydrogens (tertiary/aromatic N) is 3. The van der Waals surface area contributed by atoms with Crippen molar-refractivity contribution in [2.24, 2.45) is 5.73 Å². The average molecular weight is 208 g/mol. The molecule has 1 fully saturated rings. The van der Waals surface area contributed by atoms with Gasteiger partial charge in [-0.1, -0.05) is 0 Å². The lowest BCUT2D eigenvalue weighted by atomic mass is 10.2. The normalized spacial score (nSPS) is 21.6. The van der Waals surface area contributed by atoms with Crippen molar-refractivity contribution in [1.29, 1.82) is 0 Å². The first-order valence-electron chi connectivity index (χ1n) is 5.73. The lowest BCUT2D eigenvalue weighted by molar-refractivity contribution is 0.573. The van der Waals surface area contributed by atoms with Crippen LogP contribution in [0, 0.1) is 0 Å². The van der Waals surface area contributed by atoms with E-state index in [1.54, 1.807) is 0 Å². The molecule has 2 rings (SSSR count). The summed E-state index contributed by atoms with van der Waals surface area (Å²) in [5.41, 5.74) is 5.78. The van der Waals surface area contributed by atoms with Crippen molar-refractivity contribution >= 4 is 5.95 Å². The topological polar surface area (TPSA) is 47.1 Å². The van der Waals surface area contributed by atoms with Crippen molar-refractivity contribution in [2.45, 2.75) is 38.8 Å². The molecule has 1 aliphatic rings. The van der Waals surface area contributed by atoms with Crippen LogP contribution in [-0.4, -0.2) is 28.7 Å². The third kappa shape index (κ3) is 1.86. The molecule has 15 heavy (non-hydrogen) atoms. The van der Waals surface area contributed by atoms with E-state index in [2.05, 4.69) is 28.3 Å². The molecule has 1 aliphatic heterocycles. The fourth-order valence-electron chi connectivity index (χ4n) is 2.27. The summed E-state index contributed by atoms with van der Waals surface area (Å²) in [4.78, 5) is 6.80. The van der Waals surface area contributed by atoms with Gasteiger partial charge in [0.25, 0.3) is 0 Å². The Labute approximate surface area is 91.1 Å². The molecule has 4 heteroatoms. The molecular formula is C11H20N4. The molecule has 2 N–H and O–H groups in total. The summed E-state index contributed by atoms with van der Waals surface area (Å²) in [6.45, 7) is 6.17. The van der Waals surface area contributed by atoms with Crippen LogP contribution < -0.4 is 10.6 Å². The van der Waals surface area contributed by atoms with Gasteiger partial charge in [-0.3, -0.25) is 0 Å². The molecule has 84 valence electrons. The van der Waals surface area contributed by atoms with Gasteiger partial charge >= 0.3 is 0 Å². The summed E-state index contributed by atoms with van der Waals surface area (Å²) >= 11 is 0. The van der Waals surface area contributed by atoms with Crippen LogP contribution in [0.5, 0.6) is 0 Å². The van der Waals surface area contributed by atoms with Crippen LogP contribution in [0.3, 0.4) is 0 Å². The fourth-order valence-corrected chi connectivity index (χ4v) is 2.27. The van der Waals surface area contributed by atoms with E-state index in [1.165, 1.54) is 12.8 Å². The maximum absolute atomic E-state index is 5.78. The lowest BCUT2D eigenvalue weighted by Gasteiger charge is -2.26. The van der Waals surface area contributed by atoms with Crippen molar-refractivity contribution < 1.29 is 0 Å². The molecule has 1 unspecified atom stereocenters. The Hall–Kier alpha value is -1.03. The smallest absolute Gasteiger partial charge is 0.205 e. The van der Waals surface area contributed by atoms with Crippen LogP contribution >= 0.6 is 0 Å². The van der Waals surface area contributed by atoms with E-state index in [0.717, 1.165) is 19.0 Å². The standard InChI is InChI=1S/C11H20N4/c1-9(2)14-7-5-13-11(14)15-6-3-4-10(15)8-12/h5,7,9-10H,3-4,6,8,12H2,1-2H3. The second-order valence-electron chi connectivity index (χ2n) is 4.45. The summed E-state index contributed by atoms with van der Waals surface area (Å²) in [7, 11) is 0. The number of rotatable bonds is 3. The quantitative estimate of drug-likeness (QED) is 0.816. The number of aromatic nitrogens is 2. The van der Waals surface area contributed by atoms with Crippen LogP contribution in [0.25, 0.3) is 0 Å². The van der Waals surface area contributed by atoms with E-state index >= 15 is 0 Å². The highest BCUT2D eigenvalue weighted by Gasteiger charge is 2.26. The summed E-state index contributed by atoms with van der Waals surface area (Å²) < 4.78 is 2.22. The van der Waals surface area contributed by atoms with Gasteiger partial charge in [-0.2, -0.15) is 0 Å². The molecule has 0 amide bonds. The van der Waals surface area contributed by atoms with Crippen molar-refractivity contribution in [2.75, 3.05) is 18.0 Å². The molecule has 2 heterocycles. The van der Waals surface area contributed by atoms with Crippen molar-refractivity contribution in [3.63, 3.8) is 0 Å². The minimum absolute atomic E-state index is 0.460. The molecule has 0 saturated carbocycles. The van der Waals surface area contributed by atoms with Crippen LogP contribution in [-0.2, 0) is 0 Å². The predicted octanol–water partition coefficient (Wildman–Crippen LogP) is 1.39. The third-order valence-corrected chi connectivity index (χ3v) is 3.11. The molecule has 0 aliphatic carbocycles. The van der Waals surface area contributed by atoms with E-state index in [1.807, 2.05) is 12.4 Å². The van der Waals surface area contributed by atoms with Crippen molar-refractivity contribution in [3.8, 4) is 0 Å². The SMILES string of the molecule is CC(C)n1ccnc1N1CCCC1CN. The van der Waals surface area contributed by atoms with E-state index in [4.69, 9.17) is 5.73 Å². The van der Waals surface area contributed by atoms with E-state index in [-0.39, 0.29) is 0 Å². The molecule has 0 spiro atoms. The van der Waals surface area contributed by atoms with Crippen molar-refractivity contribution in [1.82, 2.24) is 9.55 Å². The minimum Gasteiger partial charge on any atom is -0.338 e. The number of imidazole rings is 1. The Morgan fingerprint density at radius 1 is 1.60 bits per heavy atom. The first-order valence-corrected chi connectivity index (χ1v) is 5.73. The van der Waals surface area contributed by atoms with Crippen molar-refractivity contribution in [3.05, 3.63) is 12.4 Å². The third-order valence-electron chi connectivity index (χ3n) is 3.11. The molecular weight excluding hydrogens is 188 g/mol. The molecule has 0 aromatic carbocycles. The second kappa shape index (κ2) is 4.23. The minimum atomic E-state index is 0.460. The maximum Gasteiger partial charge on any atom is 0.205 e. The number of hydrogen-bond acceptors (Lipinski definition) is 3. The largest absolute Gasteiger partial charge is 0.338 e. The Morgan fingerprint density at radius 2 is 2.40 bits per heavy atom. The molecule has 0 bridgehead atoms. The first kappa shape index (κ1) is 10.5. The number of nitrogens with two attached hydrogens (primary N) is 1. The van der Waals surface area contributed by atoms with Gasteiger partial charge in [-0.25, -0.2) is 4.98 Å². The van der Waals surface area contributed by atoms with Crippen LogP contribution in [0.4, 0.5) is 5.95 Å². The summed E-state index contributed by atoms with van der Waals surface area (Å²) in [6.07, 6.45) is 6.35.